The average molecular weight is 264 g/mol. The van der Waals surface area contributed by atoms with Gasteiger partial charge in [0.2, 0.25) is 0 Å². The molecular weight excluding hydrogens is 240 g/mol. The highest BCUT2D eigenvalue weighted by atomic mass is 16.5. The van der Waals surface area contributed by atoms with Crippen LogP contribution in [0.3, 0.4) is 0 Å². The zero-order chi connectivity index (χ0) is 13.8. The van der Waals surface area contributed by atoms with Gasteiger partial charge >= 0.3 is 0 Å². The van der Waals surface area contributed by atoms with Crippen molar-refractivity contribution in [3.8, 4) is 0 Å². The Labute approximate surface area is 115 Å². The average Bonchev–Trinajstić information content (AvgIpc) is 2.36. The van der Waals surface area contributed by atoms with Crippen molar-refractivity contribution in [1.82, 2.24) is 0 Å². The number of ether oxygens (including phenoxy) is 1. The van der Waals surface area contributed by atoms with E-state index in [1.165, 1.54) is 11.3 Å². The predicted molar refractivity (Wildman–Crippen MR) is 78.5 cm³/mol. The molecule has 0 amide bonds. The van der Waals surface area contributed by atoms with Gasteiger partial charge < -0.3 is 20.5 Å². The number of nitrogens with two attached hydrogens (primary N) is 1. The van der Waals surface area contributed by atoms with E-state index < -0.39 is 6.10 Å². The smallest absolute Gasteiger partial charge is 0.0948 e. The fourth-order valence-electron chi connectivity index (χ4n) is 2.50. The predicted octanol–water partition coefficient (Wildman–Crippen LogP) is 1.81. The second kappa shape index (κ2) is 6.26. The Morgan fingerprint density at radius 1 is 1.42 bits per heavy atom. The van der Waals surface area contributed by atoms with Crippen LogP contribution in [0.25, 0.3) is 0 Å². The standard InChI is InChI=1S/C15H24N2O2/c1-11(2)19-10-14(18)9-17-7-3-4-12-8-13(16)5-6-15(12)17/h5-6,8,11,14,18H,3-4,7,9-10,16H2,1-2H3. The maximum Gasteiger partial charge on any atom is 0.0948 e. The summed E-state index contributed by atoms with van der Waals surface area (Å²) in [6.07, 6.45) is 1.87. The Kier molecular flexibility index (Phi) is 4.66. The molecule has 0 spiro atoms. The fraction of sp³-hybridized carbons (Fsp3) is 0.600. The van der Waals surface area contributed by atoms with Crippen LogP contribution in [-0.2, 0) is 11.2 Å². The Morgan fingerprint density at radius 3 is 2.95 bits per heavy atom. The van der Waals surface area contributed by atoms with Gasteiger partial charge in [0.1, 0.15) is 0 Å². The summed E-state index contributed by atoms with van der Waals surface area (Å²) in [7, 11) is 0. The van der Waals surface area contributed by atoms with Crippen LogP contribution >= 0.6 is 0 Å². The summed E-state index contributed by atoms with van der Waals surface area (Å²) in [5.74, 6) is 0. The van der Waals surface area contributed by atoms with Crippen LogP contribution in [0.15, 0.2) is 18.2 Å². The molecule has 106 valence electrons. The zero-order valence-electron chi connectivity index (χ0n) is 11.8. The van der Waals surface area contributed by atoms with Crippen molar-refractivity contribution in [2.24, 2.45) is 0 Å². The van der Waals surface area contributed by atoms with Crippen LogP contribution in [0.1, 0.15) is 25.8 Å². The molecule has 0 fully saturated rings. The summed E-state index contributed by atoms with van der Waals surface area (Å²) in [5.41, 5.74) is 9.11. The van der Waals surface area contributed by atoms with Gasteiger partial charge in [-0.2, -0.15) is 0 Å². The number of aliphatic hydroxyl groups excluding tert-OH is 1. The number of benzene rings is 1. The molecular formula is C15H24N2O2. The quantitative estimate of drug-likeness (QED) is 0.796. The first-order valence-corrected chi connectivity index (χ1v) is 6.99. The lowest BCUT2D eigenvalue weighted by molar-refractivity contribution is 0.00880. The summed E-state index contributed by atoms with van der Waals surface area (Å²) in [6, 6.07) is 6.02. The second-order valence-electron chi connectivity index (χ2n) is 5.47. The number of rotatable bonds is 5. The van der Waals surface area contributed by atoms with Crippen molar-refractivity contribution >= 4 is 11.4 Å². The largest absolute Gasteiger partial charge is 0.399 e. The van der Waals surface area contributed by atoms with E-state index in [-0.39, 0.29) is 6.10 Å². The van der Waals surface area contributed by atoms with Crippen LogP contribution in [0.2, 0.25) is 0 Å². The number of anilines is 2. The van der Waals surface area contributed by atoms with E-state index in [9.17, 15) is 5.11 Å². The summed E-state index contributed by atoms with van der Waals surface area (Å²) in [4.78, 5) is 2.23. The number of aryl methyl sites for hydroxylation is 1. The molecule has 3 N–H and O–H groups in total. The van der Waals surface area contributed by atoms with Gasteiger partial charge in [-0.15, -0.1) is 0 Å². The topological polar surface area (TPSA) is 58.7 Å². The third kappa shape index (κ3) is 3.85. The number of aliphatic hydroxyl groups is 1. The second-order valence-corrected chi connectivity index (χ2v) is 5.47. The Bertz CT molecular complexity index is 421. The van der Waals surface area contributed by atoms with E-state index in [0.717, 1.165) is 25.1 Å². The molecule has 1 heterocycles. The van der Waals surface area contributed by atoms with Crippen LogP contribution in [0, 0.1) is 0 Å². The van der Waals surface area contributed by atoms with E-state index in [2.05, 4.69) is 11.0 Å². The Balaban J connectivity index is 1.99. The summed E-state index contributed by atoms with van der Waals surface area (Å²) in [6.45, 7) is 5.94. The summed E-state index contributed by atoms with van der Waals surface area (Å²) in [5, 5.41) is 10.0. The molecule has 0 aliphatic carbocycles. The summed E-state index contributed by atoms with van der Waals surface area (Å²) < 4.78 is 5.46. The monoisotopic (exact) mass is 264 g/mol. The van der Waals surface area contributed by atoms with Gasteiger partial charge in [0, 0.05) is 24.5 Å². The SMILES string of the molecule is CC(C)OCC(O)CN1CCCc2cc(N)ccc21. The lowest BCUT2D eigenvalue weighted by Crippen LogP contribution is -2.38. The van der Waals surface area contributed by atoms with Crippen molar-refractivity contribution in [3.63, 3.8) is 0 Å². The number of β-amino-alcohol motifs (C(OH)–C–C–N with tert-alkyl or cyclic N) is 1. The molecule has 0 saturated heterocycles. The highest BCUT2D eigenvalue weighted by Crippen LogP contribution is 2.28. The molecule has 1 aliphatic rings. The zero-order valence-corrected chi connectivity index (χ0v) is 11.8. The number of nitrogens with zero attached hydrogens (tertiary/aromatic N) is 1. The molecule has 19 heavy (non-hydrogen) atoms. The maximum absolute atomic E-state index is 10.0. The highest BCUT2D eigenvalue weighted by Gasteiger charge is 2.19. The van der Waals surface area contributed by atoms with Gasteiger partial charge in [-0.1, -0.05) is 0 Å². The number of hydrogen-bond donors (Lipinski definition) is 2. The van der Waals surface area contributed by atoms with Crippen LogP contribution in [-0.4, -0.2) is 37.0 Å². The Morgan fingerprint density at radius 2 is 2.21 bits per heavy atom. The van der Waals surface area contributed by atoms with Crippen molar-refractivity contribution in [2.75, 3.05) is 30.3 Å². The van der Waals surface area contributed by atoms with E-state index in [1.54, 1.807) is 0 Å². The molecule has 1 aromatic carbocycles. The molecule has 1 atom stereocenters. The number of hydrogen-bond acceptors (Lipinski definition) is 4. The van der Waals surface area contributed by atoms with Gasteiger partial charge in [0.15, 0.2) is 0 Å². The minimum Gasteiger partial charge on any atom is -0.399 e. The highest BCUT2D eigenvalue weighted by molar-refractivity contribution is 5.61. The van der Waals surface area contributed by atoms with Crippen molar-refractivity contribution < 1.29 is 9.84 Å². The van der Waals surface area contributed by atoms with Crippen molar-refractivity contribution in [3.05, 3.63) is 23.8 Å². The molecule has 4 nitrogen and oxygen atoms in total. The van der Waals surface area contributed by atoms with Crippen LogP contribution in [0.5, 0.6) is 0 Å². The first kappa shape index (κ1) is 14.2. The lowest BCUT2D eigenvalue weighted by atomic mass is 10.0. The van der Waals surface area contributed by atoms with Crippen molar-refractivity contribution in [2.45, 2.75) is 38.9 Å². The molecule has 0 aromatic heterocycles. The molecule has 2 rings (SSSR count). The van der Waals surface area contributed by atoms with E-state index in [0.29, 0.717) is 13.2 Å². The lowest BCUT2D eigenvalue weighted by Gasteiger charge is -2.33. The van der Waals surface area contributed by atoms with Crippen molar-refractivity contribution in [1.29, 1.82) is 0 Å². The van der Waals surface area contributed by atoms with Gasteiger partial charge in [-0.05, 0) is 50.5 Å². The molecule has 0 saturated carbocycles. The molecule has 0 radical (unpaired) electrons. The van der Waals surface area contributed by atoms with Gasteiger partial charge in [0.25, 0.3) is 0 Å². The van der Waals surface area contributed by atoms with Crippen LogP contribution in [0.4, 0.5) is 11.4 Å². The normalized spacial score (nSPS) is 16.5. The number of nitrogen functional groups attached to an aromatic ring is 1. The minimum atomic E-state index is -0.453. The molecule has 4 heteroatoms. The van der Waals surface area contributed by atoms with E-state index in [1.807, 2.05) is 26.0 Å². The third-order valence-electron chi connectivity index (χ3n) is 3.37. The van der Waals surface area contributed by atoms with E-state index >= 15 is 0 Å². The maximum atomic E-state index is 10.0. The van der Waals surface area contributed by atoms with Gasteiger partial charge in [-0.25, -0.2) is 0 Å². The minimum absolute atomic E-state index is 0.156. The fourth-order valence-corrected chi connectivity index (χ4v) is 2.50. The Hall–Kier alpha value is -1.26. The number of fused-ring (bicyclic) bond motifs is 1. The molecule has 1 aromatic rings. The summed E-state index contributed by atoms with van der Waals surface area (Å²) >= 11 is 0. The molecule has 0 bridgehead atoms. The molecule has 1 unspecified atom stereocenters. The van der Waals surface area contributed by atoms with E-state index in [4.69, 9.17) is 10.5 Å². The van der Waals surface area contributed by atoms with Crippen LogP contribution < -0.4 is 10.6 Å². The first-order valence-electron chi connectivity index (χ1n) is 6.99. The third-order valence-corrected chi connectivity index (χ3v) is 3.37. The van der Waals surface area contributed by atoms with Gasteiger partial charge in [-0.3, -0.25) is 0 Å². The van der Waals surface area contributed by atoms with Gasteiger partial charge in [0.05, 0.1) is 18.8 Å². The molecule has 1 aliphatic heterocycles. The first-order chi connectivity index (χ1) is 9.06.